The second-order valence-electron chi connectivity index (χ2n) is 6.91. The molecule has 0 amide bonds. The molecule has 2 aromatic carbocycles. The molecule has 1 aliphatic rings. The van der Waals surface area contributed by atoms with Gasteiger partial charge in [-0.05, 0) is 38.7 Å². The zero-order valence-corrected chi connectivity index (χ0v) is 21.2. The van der Waals surface area contributed by atoms with Crippen molar-refractivity contribution in [3.05, 3.63) is 48.5 Å². The van der Waals surface area contributed by atoms with E-state index in [1.165, 1.54) is 0 Å². The van der Waals surface area contributed by atoms with Crippen LogP contribution >= 0.6 is 19.3 Å². The van der Waals surface area contributed by atoms with Crippen LogP contribution in [0.3, 0.4) is 0 Å². The standard InChI is InChI=1S/C22H32NO5PSSi/c1-4-25-31(26-5-2,27-6-3)18-17-30-16-15-23-29(24)22-14-10-8-12-20(22)19-11-7-9-13-21(19)28-29/h7-14H,4-6,15-18H2,1-3H3,(H,23,24). The van der Waals surface area contributed by atoms with E-state index in [1.807, 2.05) is 69.3 Å². The average molecular weight is 482 g/mol. The molecule has 170 valence electrons. The lowest BCUT2D eigenvalue weighted by atomic mass is 10.0. The van der Waals surface area contributed by atoms with Crippen LogP contribution in [0, 0.1) is 0 Å². The molecule has 1 atom stereocenters. The minimum absolute atomic E-state index is 0.574. The third kappa shape index (κ3) is 6.02. The fourth-order valence-corrected chi connectivity index (χ4v) is 9.75. The molecule has 0 radical (unpaired) electrons. The summed E-state index contributed by atoms with van der Waals surface area (Å²) in [6.07, 6.45) is 0. The second-order valence-corrected chi connectivity index (χ2v) is 12.9. The van der Waals surface area contributed by atoms with E-state index in [0.29, 0.717) is 32.1 Å². The Morgan fingerprint density at radius 3 is 2.19 bits per heavy atom. The van der Waals surface area contributed by atoms with Crippen molar-refractivity contribution in [3.8, 4) is 16.9 Å². The first-order valence-corrected chi connectivity index (χ1v) is 15.5. The molecule has 1 N–H and O–H groups in total. The molecule has 1 unspecified atom stereocenters. The van der Waals surface area contributed by atoms with E-state index in [1.54, 1.807) is 11.8 Å². The van der Waals surface area contributed by atoms with Gasteiger partial charge in [-0.1, -0.05) is 36.4 Å². The number of para-hydroxylation sites is 1. The van der Waals surface area contributed by atoms with Gasteiger partial charge < -0.3 is 17.8 Å². The Kier molecular flexibility index (Phi) is 9.22. The van der Waals surface area contributed by atoms with Gasteiger partial charge in [0, 0.05) is 49.3 Å². The Balaban J connectivity index is 1.56. The number of benzene rings is 2. The largest absolute Gasteiger partial charge is 0.501 e. The summed E-state index contributed by atoms with van der Waals surface area (Å²) in [4.78, 5) is 0. The first-order valence-electron chi connectivity index (χ1n) is 10.8. The Morgan fingerprint density at radius 1 is 0.903 bits per heavy atom. The number of rotatable bonds is 13. The van der Waals surface area contributed by atoms with Gasteiger partial charge in [0.05, 0.1) is 5.30 Å². The number of thioether (sulfide) groups is 1. The second kappa shape index (κ2) is 11.7. The molecule has 0 bridgehead atoms. The van der Waals surface area contributed by atoms with Gasteiger partial charge in [0.25, 0.3) is 0 Å². The van der Waals surface area contributed by atoms with Crippen LogP contribution < -0.4 is 14.9 Å². The fraction of sp³-hybridized carbons (Fsp3) is 0.455. The molecule has 6 nitrogen and oxygen atoms in total. The van der Waals surface area contributed by atoms with Crippen molar-refractivity contribution in [1.29, 1.82) is 0 Å². The molecule has 0 fully saturated rings. The molecule has 3 rings (SSSR count). The predicted molar refractivity (Wildman–Crippen MR) is 131 cm³/mol. The molecular formula is C22H32NO5PSSi. The van der Waals surface area contributed by atoms with Crippen LogP contribution in [0.2, 0.25) is 6.04 Å². The number of fused-ring (bicyclic) bond motifs is 3. The van der Waals surface area contributed by atoms with E-state index in [2.05, 4.69) is 5.09 Å². The van der Waals surface area contributed by atoms with Crippen LogP contribution in [0.5, 0.6) is 5.75 Å². The van der Waals surface area contributed by atoms with Crippen LogP contribution in [0.4, 0.5) is 0 Å². The smallest absolute Gasteiger partial charge is 0.429 e. The summed E-state index contributed by atoms with van der Waals surface area (Å²) in [6.45, 7) is 8.22. The molecule has 0 spiro atoms. The summed E-state index contributed by atoms with van der Waals surface area (Å²) in [5.41, 5.74) is 1.94. The van der Waals surface area contributed by atoms with Crippen molar-refractivity contribution >= 4 is 33.4 Å². The van der Waals surface area contributed by atoms with E-state index in [4.69, 9.17) is 17.8 Å². The molecular weight excluding hydrogens is 449 g/mol. The maximum Gasteiger partial charge on any atom is 0.501 e. The Morgan fingerprint density at radius 2 is 1.52 bits per heavy atom. The lowest BCUT2D eigenvalue weighted by molar-refractivity contribution is 0.0728. The van der Waals surface area contributed by atoms with E-state index in [9.17, 15) is 4.57 Å². The molecule has 0 aliphatic carbocycles. The van der Waals surface area contributed by atoms with Crippen molar-refractivity contribution in [2.45, 2.75) is 26.8 Å². The van der Waals surface area contributed by atoms with Crippen molar-refractivity contribution < 1.29 is 22.4 Å². The zero-order chi connectivity index (χ0) is 22.2. The third-order valence-corrected chi connectivity index (χ3v) is 11.4. The SMILES string of the molecule is CCO[Si](CCSCCNP1(=O)Oc2ccccc2-c2ccccc21)(OCC)OCC. The van der Waals surface area contributed by atoms with E-state index in [-0.39, 0.29) is 0 Å². The average Bonchev–Trinajstić information content (AvgIpc) is 2.77. The van der Waals surface area contributed by atoms with Crippen LogP contribution in [-0.4, -0.2) is 46.7 Å². The molecule has 1 heterocycles. The topological polar surface area (TPSA) is 66.0 Å². The predicted octanol–water partition coefficient (Wildman–Crippen LogP) is 4.94. The minimum atomic E-state index is -3.18. The maximum atomic E-state index is 13.7. The summed E-state index contributed by atoms with van der Waals surface area (Å²) in [5.74, 6) is 2.32. The van der Waals surface area contributed by atoms with Gasteiger partial charge in [0.15, 0.2) is 0 Å². The van der Waals surface area contributed by atoms with E-state index < -0.39 is 16.3 Å². The molecule has 0 saturated heterocycles. The van der Waals surface area contributed by atoms with Gasteiger partial charge in [-0.25, -0.2) is 5.09 Å². The molecule has 9 heteroatoms. The van der Waals surface area contributed by atoms with E-state index >= 15 is 0 Å². The summed E-state index contributed by atoms with van der Waals surface area (Å²) in [7, 11) is -5.79. The summed E-state index contributed by atoms with van der Waals surface area (Å²) >= 11 is 1.77. The summed E-state index contributed by atoms with van der Waals surface area (Å²) in [6, 6.07) is 16.3. The van der Waals surface area contributed by atoms with Crippen LogP contribution in [0.1, 0.15) is 20.8 Å². The highest BCUT2D eigenvalue weighted by atomic mass is 32.2. The fourth-order valence-electron chi connectivity index (χ4n) is 3.60. The molecule has 2 aromatic rings. The van der Waals surface area contributed by atoms with Crippen LogP contribution in [0.25, 0.3) is 11.1 Å². The Hall–Kier alpha value is -1.12. The van der Waals surface area contributed by atoms with Gasteiger partial charge in [-0.15, -0.1) is 0 Å². The number of nitrogens with one attached hydrogen (secondary N) is 1. The van der Waals surface area contributed by atoms with Gasteiger partial charge in [0.1, 0.15) is 5.75 Å². The molecule has 31 heavy (non-hydrogen) atoms. The van der Waals surface area contributed by atoms with Crippen molar-refractivity contribution in [2.75, 3.05) is 37.9 Å². The van der Waals surface area contributed by atoms with Crippen LogP contribution in [-0.2, 0) is 17.8 Å². The van der Waals surface area contributed by atoms with Gasteiger partial charge in [0.2, 0.25) is 0 Å². The van der Waals surface area contributed by atoms with Gasteiger partial charge in [-0.2, -0.15) is 11.8 Å². The van der Waals surface area contributed by atoms with Crippen molar-refractivity contribution in [2.24, 2.45) is 0 Å². The van der Waals surface area contributed by atoms with Crippen LogP contribution in [0.15, 0.2) is 48.5 Å². The number of hydrogen-bond acceptors (Lipinski definition) is 6. The highest BCUT2D eigenvalue weighted by molar-refractivity contribution is 7.99. The summed E-state index contributed by atoms with van der Waals surface area (Å²) in [5, 5.41) is 3.93. The third-order valence-electron chi connectivity index (χ3n) is 4.84. The van der Waals surface area contributed by atoms with Gasteiger partial charge >= 0.3 is 16.3 Å². The lowest BCUT2D eigenvalue weighted by Crippen LogP contribution is -2.46. The normalized spacial score (nSPS) is 17.6. The first-order chi connectivity index (χ1) is 15.1. The maximum absolute atomic E-state index is 13.7. The lowest BCUT2D eigenvalue weighted by Gasteiger charge is -2.29. The first kappa shape index (κ1) is 24.5. The number of hydrogen-bond donors (Lipinski definition) is 1. The highest BCUT2D eigenvalue weighted by Gasteiger charge is 2.40. The van der Waals surface area contributed by atoms with E-state index in [0.717, 1.165) is 34.0 Å². The molecule has 0 saturated carbocycles. The highest BCUT2D eigenvalue weighted by Crippen LogP contribution is 2.51. The minimum Gasteiger partial charge on any atom is -0.429 e. The van der Waals surface area contributed by atoms with Crippen molar-refractivity contribution in [3.63, 3.8) is 0 Å². The van der Waals surface area contributed by atoms with Gasteiger partial charge in [-0.3, -0.25) is 4.57 Å². The monoisotopic (exact) mass is 481 g/mol. The molecule has 1 aliphatic heterocycles. The van der Waals surface area contributed by atoms with Crippen molar-refractivity contribution in [1.82, 2.24) is 5.09 Å². The Labute approximate surface area is 190 Å². The Bertz CT molecular complexity index is 883. The quantitative estimate of drug-likeness (QED) is 0.247. The summed E-state index contributed by atoms with van der Waals surface area (Å²) < 4.78 is 37.4. The zero-order valence-electron chi connectivity index (χ0n) is 18.5. The molecule has 0 aromatic heterocycles.